The van der Waals surface area contributed by atoms with E-state index in [0.717, 1.165) is 12.0 Å². The van der Waals surface area contributed by atoms with E-state index in [1.807, 2.05) is 4.90 Å². The standard InChI is InChI=1S/C10H19N/c1-11-8-4-6-9-5-2-3-7-10(9)11/h9-10H,2-8H2,1H3/p+1. The van der Waals surface area contributed by atoms with Crippen molar-refractivity contribution >= 4 is 0 Å². The van der Waals surface area contributed by atoms with Gasteiger partial charge in [0.05, 0.1) is 19.6 Å². The quantitative estimate of drug-likeness (QED) is 0.528. The zero-order valence-electron chi connectivity index (χ0n) is 7.60. The Morgan fingerprint density at radius 2 is 1.73 bits per heavy atom. The van der Waals surface area contributed by atoms with Crippen LogP contribution in [0.1, 0.15) is 38.5 Å². The summed E-state index contributed by atoms with van der Waals surface area (Å²) in [4.78, 5) is 1.82. The Morgan fingerprint density at radius 3 is 2.55 bits per heavy atom. The second kappa shape index (κ2) is 3.14. The van der Waals surface area contributed by atoms with Gasteiger partial charge in [0.2, 0.25) is 0 Å². The SMILES string of the molecule is C[NH+]1CCCC2CCCCC21. The van der Waals surface area contributed by atoms with Crippen LogP contribution in [0, 0.1) is 5.92 Å². The fraction of sp³-hybridized carbons (Fsp3) is 1.00. The Morgan fingerprint density at radius 1 is 1.00 bits per heavy atom. The summed E-state index contributed by atoms with van der Waals surface area (Å²) in [7, 11) is 2.39. The smallest absolute Gasteiger partial charge is 0.0901 e. The molecule has 1 heterocycles. The van der Waals surface area contributed by atoms with Gasteiger partial charge in [0.1, 0.15) is 0 Å². The van der Waals surface area contributed by atoms with Crippen molar-refractivity contribution in [2.24, 2.45) is 5.92 Å². The third-order valence-electron chi connectivity index (χ3n) is 3.69. The number of nitrogens with one attached hydrogen (secondary N) is 1. The molecule has 0 aromatic rings. The van der Waals surface area contributed by atoms with Crippen LogP contribution in [-0.4, -0.2) is 19.6 Å². The van der Waals surface area contributed by atoms with Gasteiger partial charge in [-0.3, -0.25) is 0 Å². The van der Waals surface area contributed by atoms with E-state index in [9.17, 15) is 0 Å². The van der Waals surface area contributed by atoms with E-state index in [4.69, 9.17) is 0 Å². The molecule has 1 nitrogen and oxygen atoms in total. The molecule has 0 bridgehead atoms. The predicted molar refractivity (Wildman–Crippen MR) is 46.7 cm³/mol. The minimum atomic E-state index is 1.04. The molecule has 0 spiro atoms. The van der Waals surface area contributed by atoms with Crippen LogP contribution in [0.2, 0.25) is 0 Å². The highest BCUT2D eigenvalue weighted by molar-refractivity contribution is 4.76. The van der Waals surface area contributed by atoms with Crippen molar-refractivity contribution in [1.82, 2.24) is 0 Å². The lowest BCUT2D eigenvalue weighted by atomic mass is 9.79. The van der Waals surface area contributed by atoms with E-state index in [-0.39, 0.29) is 0 Å². The van der Waals surface area contributed by atoms with Crippen molar-refractivity contribution in [2.75, 3.05) is 13.6 Å². The number of hydrogen-bond donors (Lipinski definition) is 1. The molecule has 1 saturated heterocycles. The molecule has 1 N–H and O–H groups in total. The van der Waals surface area contributed by atoms with Crippen molar-refractivity contribution in [3.63, 3.8) is 0 Å². The monoisotopic (exact) mass is 154 g/mol. The minimum absolute atomic E-state index is 1.04. The molecule has 64 valence electrons. The highest BCUT2D eigenvalue weighted by Crippen LogP contribution is 2.27. The van der Waals surface area contributed by atoms with Crippen LogP contribution in [0.3, 0.4) is 0 Å². The van der Waals surface area contributed by atoms with Crippen LogP contribution in [0.4, 0.5) is 0 Å². The maximum Gasteiger partial charge on any atom is 0.0901 e. The molecule has 2 aliphatic rings. The minimum Gasteiger partial charge on any atom is -0.335 e. The molecule has 1 saturated carbocycles. The average Bonchev–Trinajstić information content (AvgIpc) is 2.06. The number of likely N-dealkylation sites (tertiary alicyclic amines) is 1. The molecule has 1 aliphatic carbocycles. The highest BCUT2D eigenvalue weighted by atomic mass is 15.1. The number of quaternary nitrogens is 1. The van der Waals surface area contributed by atoms with Crippen LogP contribution in [0.15, 0.2) is 0 Å². The Kier molecular flexibility index (Phi) is 2.17. The van der Waals surface area contributed by atoms with Crippen molar-refractivity contribution in [2.45, 2.75) is 44.6 Å². The predicted octanol–water partition coefficient (Wildman–Crippen LogP) is 0.854. The first-order valence-electron chi connectivity index (χ1n) is 5.20. The topological polar surface area (TPSA) is 4.44 Å². The largest absolute Gasteiger partial charge is 0.335 e. The third kappa shape index (κ3) is 1.44. The molecule has 1 aliphatic heterocycles. The van der Waals surface area contributed by atoms with Crippen molar-refractivity contribution in [1.29, 1.82) is 0 Å². The lowest BCUT2D eigenvalue weighted by Gasteiger charge is -2.39. The molecule has 3 unspecified atom stereocenters. The Hall–Kier alpha value is -0.0400. The van der Waals surface area contributed by atoms with Crippen LogP contribution in [0.25, 0.3) is 0 Å². The summed E-state index contributed by atoms with van der Waals surface area (Å²) >= 11 is 0. The van der Waals surface area contributed by atoms with Gasteiger partial charge in [-0.05, 0) is 32.1 Å². The fourth-order valence-corrected chi connectivity index (χ4v) is 3.03. The first-order valence-corrected chi connectivity index (χ1v) is 5.20. The number of rotatable bonds is 0. The Balaban J connectivity index is 1.99. The van der Waals surface area contributed by atoms with E-state index < -0.39 is 0 Å². The summed E-state index contributed by atoms with van der Waals surface area (Å²) < 4.78 is 0. The van der Waals surface area contributed by atoms with Crippen molar-refractivity contribution in [3.8, 4) is 0 Å². The number of piperidine rings is 1. The van der Waals surface area contributed by atoms with E-state index >= 15 is 0 Å². The Labute approximate surface area is 69.8 Å². The van der Waals surface area contributed by atoms with Crippen LogP contribution < -0.4 is 4.90 Å². The maximum atomic E-state index is 2.39. The normalized spacial score (nSPS) is 45.0. The third-order valence-corrected chi connectivity index (χ3v) is 3.69. The van der Waals surface area contributed by atoms with Gasteiger partial charge in [0, 0.05) is 5.92 Å². The summed E-state index contributed by atoms with van der Waals surface area (Å²) in [5.74, 6) is 1.09. The van der Waals surface area contributed by atoms with Crippen LogP contribution in [0.5, 0.6) is 0 Å². The van der Waals surface area contributed by atoms with Gasteiger partial charge >= 0.3 is 0 Å². The average molecular weight is 154 g/mol. The first-order chi connectivity index (χ1) is 5.38. The molecular formula is C10H20N+. The molecule has 0 aromatic carbocycles. The van der Waals surface area contributed by atoms with E-state index in [1.165, 1.54) is 45.1 Å². The van der Waals surface area contributed by atoms with Gasteiger partial charge < -0.3 is 4.90 Å². The lowest BCUT2D eigenvalue weighted by molar-refractivity contribution is -0.917. The fourth-order valence-electron chi connectivity index (χ4n) is 3.03. The van der Waals surface area contributed by atoms with Crippen LogP contribution in [-0.2, 0) is 0 Å². The van der Waals surface area contributed by atoms with Gasteiger partial charge in [-0.25, -0.2) is 0 Å². The van der Waals surface area contributed by atoms with E-state index in [1.54, 1.807) is 0 Å². The zero-order chi connectivity index (χ0) is 7.68. The summed E-state index contributed by atoms with van der Waals surface area (Å²) in [6, 6.07) is 1.04. The van der Waals surface area contributed by atoms with Gasteiger partial charge in [0.15, 0.2) is 0 Å². The second-order valence-electron chi connectivity index (χ2n) is 4.39. The number of hydrogen-bond acceptors (Lipinski definition) is 0. The van der Waals surface area contributed by atoms with Crippen molar-refractivity contribution in [3.05, 3.63) is 0 Å². The summed E-state index contributed by atoms with van der Waals surface area (Å²) in [6.45, 7) is 1.43. The summed E-state index contributed by atoms with van der Waals surface area (Å²) in [5, 5.41) is 0. The van der Waals surface area contributed by atoms with E-state index in [0.29, 0.717) is 0 Å². The molecule has 2 fully saturated rings. The Bertz CT molecular complexity index is 131. The first kappa shape index (κ1) is 7.60. The molecule has 3 atom stereocenters. The maximum absolute atomic E-state index is 2.39. The van der Waals surface area contributed by atoms with Gasteiger partial charge in [-0.2, -0.15) is 0 Å². The zero-order valence-corrected chi connectivity index (χ0v) is 7.60. The molecule has 0 radical (unpaired) electrons. The molecule has 2 rings (SSSR count). The lowest BCUT2D eigenvalue weighted by Crippen LogP contribution is -3.15. The van der Waals surface area contributed by atoms with Crippen LogP contribution >= 0.6 is 0 Å². The van der Waals surface area contributed by atoms with Gasteiger partial charge in [-0.1, -0.05) is 6.42 Å². The molecular weight excluding hydrogens is 134 g/mol. The summed E-state index contributed by atoms with van der Waals surface area (Å²) in [5.41, 5.74) is 0. The summed E-state index contributed by atoms with van der Waals surface area (Å²) in [6.07, 6.45) is 9.06. The highest BCUT2D eigenvalue weighted by Gasteiger charge is 2.33. The van der Waals surface area contributed by atoms with Gasteiger partial charge in [-0.15, -0.1) is 0 Å². The molecule has 0 amide bonds. The number of fused-ring (bicyclic) bond motifs is 1. The van der Waals surface area contributed by atoms with E-state index in [2.05, 4.69) is 7.05 Å². The molecule has 0 aromatic heterocycles. The second-order valence-corrected chi connectivity index (χ2v) is 4.39. The molecule has 11 heavy (non-hydrogen) atoms. The molecule has 1 heteroatoms. The van der Waals surface area contributed by atoms with Gasteiger partial charge in [0.25, 0.3) is 0 Å². The van der Waals surface area contributed by atoms with Crippen molar-refractivity contribution < 1.29 is 4.90 Å².